The average molecular weight is 236 g/mol. The molecule has 0 fully saturated rings. The molecule has 0 aliphatic rings. The maximum atomic E-state index is 11.3. The van der Waals surface area contributed by atoms with E-state index in [0.717, 1.165) is 5.56 Å². The van der Waals surface area contributed by atoms with Crippen LogP contribution < -0.4 is 0 Å². The van der Waals surface area contributed by atoms with Gasteiger partial charge in [0.05, 0.1) is 0 Å². The Morgan fingerprint density at radius 1 is 1.24 bits per heavy atom. The largest absolute Gasteiger partial charge is 0.479 e. The highest BCUT2D eigenvalue weighted by Gasteiger charge is 2.42. The molecule has 3 heteroatoms. The van der Waals surface area contributed by atoms with Crippen LogP contribution in [0.2, 0.25) is 0 Å². The minimum absolute atomic E-state index is 0.127. The van der Waals surface area contributed by atoms with Crippen LogP contribution in [0.25, 0.3) is 0 Å². The van der Waals surface area contributed by atoms with E-state index in [1.165, 1.54) is 0 Å². The first-order chi connectivity index (χ1) is 7.88. The zero-order valence-corrected chi connectivity index (χ0v) is 10.6. The summed E-state index contributed by atoms with van der Waals surface area (Å²) in [6.45, 7) is 5.57. The summed E-state index contributed by atoms with van der Waals surface area (Å²) >= 11 is 0. The third-order valence-electron chi connectivity index (χ3n) is 3.11. The second-order valence-electron chi connectivity index (χ2n) is 4.96. The van der Waals surface area contributed by atoms with Crippen molar-refractivity contribution in [3.63, 3.8) is 0 Å². The van der Waals surface area contributed by atoms with Crippen molar-refractivity contribution in [2.45, 2.75) is 38.7 Å². The van der Waals surface area contributed by atoms with Gasteiger partial charge in [-0.05, 0) is 17.9 Å². The van der Waals surface area contributed by atoms with Gasteiger partial charge in [-0.2, -0.15) is 0 Å². The second kappa shape index (κ2) is 5.32. The molecule has 0 saturated carbocycles. The molecule has 1 rings (SSSR count). The van der Waals surface area contributed by atoms with E-state index in [9.17, 15) is 15.0 Å². The van der Waals surface area contributed by atoms with Gasteiger partial charge in [-0.25, -0.2) is 4.79 Å². The first-order valence-corrected chi connectivity index (χ1v) is 5.88. The Morgan fingerprint density at radius 2 is 1.76 bits per heavy atom. The molecule has 0 saturated heterocycles. The Balaban J connectivity index is 3.03. The quantitative estimate of drug-likeness (QED) is 0.826. The van der Waals surface area contributed by atoms with Crippen molar-refractivity contribution in [2.24, 2.45) is 5.92 Å². The molecule has 94 valence electrons. The molecule has 0 aromatic heterocycles. The van der Waals surface area contributed by atoms with Gasteiger partial charge in [0, 0.05) is 5.92 Å². The molecule has 0 radical (unpaired) electrons. The first-order valence-electron chi connectivity index (χ1n) is 5.88. The summed E-state index contributed by atoms with van der Waals surface area (Å²) in [6.07, 6.45) is 0.248. The molecule has 2 atom stereocenters. The molecule has 0 aliphatic heterocycles. The molecule has 2 unspecified atom stereocenters. The Morgan fingerprint density at radius 3 is 2.18 bits per heavy atom. The molecule has 0 aliphatic carbocycles. The molecule has 1 aromatic carbocycles. The highest BCUT2D eigenvalue weighted by molar-refractivity contribution is 5.78. The number of hydrogen-bond acceptors (Lipinski definition) is 2. The number of aliphatic hydroxyl groups is 1. The zero-order chi connectivity index (χ0) is 13.1. The van der Waals surface area contributed by atoms with Crippen molar-refractivity contribution < 1.29 is 15.0 Å². The van der Waals surface area contributed by atoms with E-state index in [-0.39, 0.29) is 12.3 Å². The number of carboxylic acids is 1. The van der Waals surface area contributed by atoms with Gasteiger partial charge in [-0.3, -0.25) is 0 Å². The van der Waals surface area contributed by atoms with Crippen molar-refractivity contribution in [2.75, 3.05) is 0 Å². The van der Waals surface area contributed by atoms with Crippen LogP contribution >= 0.6 is 0 Å². The van der Waals surface area contributed by atoms with E-state index in [4.69, 9.17) is 0 Å². The molecular weight excluding hydrogens is 216 g/mol. The van der Waals surface area contributed by atoms with Crippen LogP contribution in [0.1, 0.15) is 38.7 Å². The SMILES string of the molecule is CC(C)CC(O)(C(=O)O)C(C)c1ccccc1. The van der Waals surface area contributed by atoms with Crippen molar-refractivity contribution in [3.05, 3.63) is 35.9 Å². The normalized spacial score (nSPS) is 16.5. The van der Waals surface area contributed by atoms with Crippen LogP contribution in [-0.2, 0) is 4.79 Å². The standard InChI is InChI=1S/C14H20O3/c1-10(2)9-14(17,13(15)16)11(3)12-7-5-4-6-8-12/h4-8,10-11,17H,9H2,1-3H3,(H,15,16). The van der Waals surface area contributed by atoms with Gasteiger partial charge in [0.1, 0.15) is 0 Å². The van der Waals surface area contributed by atoms with Crippen LogP contribution in [0, 0.1) is 5.92 Å². The fourth-order valence-electron chi connectivity index (χ4n) is 2.09. The lowest BCUT2D eigenvalue weighted by molar-refractivity contribution is -0.162. The fraction of sp³-hybridized carbons (Fsp3) is 0.500. The van der Waals surface area contributed by atoms with Gasteiger partial charge in [-0.1, -0.05) is 51.1 Å². The number of rotatable bonds is 5. The molecule has 0 amide bonds. The van der Waals surface area contributed by atoms with E-state index in [1.807, 2.05) is 44.2 Å². The summed E-state index contributed by atoms with van der Waals surface area (Å²) in [7, 11) is 0. The van der Waals surface area contributed by atoms with Crippen molar-refractivity contribution in [1.82, 2.24) is 0 Å². The molecule has 17 heavy (non-hydrogen) atoms. The molecule has 2 N–H and O–H groups in total. The van der Waals surface area contributed by atoms with Crippen molar-refractivity contribution in [1.29, 1.82) is 0 Å². The monoisotopic (exact) mass is 236 g/mol. The molecule has 0 heterocycles. The Kier molecular flexibility index (Phi) is 4.29. The van der Waals surface area contributed by atoms with Crippen LogP contribution in [-0.4, -0.2) is 21.8 Å². The number of aliphatic carboxylic acids is 1. The number of benzene rings is 1. The third-order valence-corrected chi connectivity index (χ3v) is 3.11. The summed E-state index contributed by atoms with van der Waals surface area (Å²) in [5, 5.41) is 19.6. The average Bonchev–Trinajstić information content (AvgIpc) is 2.28. The minimum Gasteiger partial charge on any atom is -0.479 e. The van der Waals surface area contributed by atoms with Gasteiger partial charge >= 0.3 is 5.97 Å². The van der Waals surface area contributed by atoms with Crippen LogP contribution in [0.5, 0.6) is 0 Å². The molecule has 0 bridgehead atoms. The van der Waals surface area contributed by atoms with Gasteiger partial charge in [0.2, 0.25) is 0 Å². The van der Waals surface area contributed by atoms with Crippen molar-refractivity contribution in [3.8, 4) is 0 Å². The van der Waals surface area contributed by atoms with E-state index < -0.39 is 17.5 Å². The molecule has 0 spiro atoms. The smallest absolute Gasteiger partial charge is 0.336 e. The Hall–Kier alpha value is -1.35. The lowest BCUT2D eigenvalue weighted by atomic mass is 9.78. The van der Waals surface area contributed by atoms with Gasteiger partial charge in [-0.15, -0.1) is 0 Å². The maximum absolute atomic E-state index is 11.3. The molecule has 1 aromatic rings. The summed E-state index contributed by atoms with van der Waals surface area (Å²) in [4.78, 5) is 11.3. The Labute approximate surface area is 102 Å². The topological polar surface area (TPSA) is 57.5 Å². The summed E-state index contributed by atoms with van der Waals surface area (Å²) in [6, 6.07) is 9.27. The highest BCUT2D eigenvalue weighted by atomic mass is 16.4. The first kappa shape index (κ1) is 13.7. The Bertz CT molecular complexity index is 372. The van der Waals surface area contributed by atoms with Gasteiger partial charge < -0.3 is 10.2 Å². The fourth-order valence-corrected chi connectivity index (χ4v) is 2.09. The lowest BCUT2D eigenvalue weighted by Gasteiger charge is -2.31. The number of carboxylic acid groups (broad SMARTS) is 1. The summed E-state index contributed by atoms with van der Waals surface area (Å²) in [5.74, 6) is -1.45. The number of hydrogen-bond donors (Lipinski definition) is 2. The highest BCUT2D eigenvalue weighted by Crippen LogP contribution is 2.33. The van der Waals surface area contributed by atoms with Crippen LogP contribution in [0.4, 0.5) is 0 Å². The molecule has 3 nitrogen and oxygen atoms in total. The lowest BCUT2D eigenvalue weighted by Crippen LogP contribution is -2.44. The van der Waals surface area contributed by atoms with E-state index in [2.05, 4.69) is 0 Å². The summed E-state index contributed by atoms with van der Waals surface area (Å²) in [5.41, 5.74) is -0.853. The van der Waals surface area contributed by atoms with Gasteiger partial charge in [0.15, 0.2) is 5.60 Å². The minimum atomic E-state index is -1.70. The maximum Gasteiger partial charge on any atom is 0.336 e. The van der Waals surface area contributed by atoms with Gasteiger partial charge in [0.25, 0.3) is 0 Å². The van der Waals surface area contributed by atoms with E-state index in [1.54, 1.807) is 6.92 Å². The van der Waals surface area contributed by atoms with Crippen LogP contribution in [0.3, 0.4) is 0 Å². The predicted molar refractivity (Wildman–Crippen MR) is 66.9 cm³/mol. The van der Waals surface area contributed by atoms with Crippen molar-refractivity contribution >= 4 is 5.97 Å². The summed E-state index contributed by atoms with van der Waals surface area (Å²) < 4.78 is 0. The molecular formula is C14H20O3. The third kappa shape index (κ3) is 3.07. The second-order valence-corrected chi connectivity index (χ2v) is 4.96. The van der Waals surface area contributed by atoms with E-state index in [0.29, 0.717) is 0 Å². The van der Waals surface area contributed by atoms with E-state index >= 15 is 0 Å². The zero-order valence-electron chi connectivity index (χ0n) is 10.6. The van der Waals surface area contributed by atoms with Crippen LogP contribution in [0.15, 0.2) is 30.3 Å². The number of carbonyl (C=O) groups is 1. The predicted octanol–water partition coefficient (Wildman–Crippen LogP) is 2.65.